The quantitative estimate of drug-likeness (QED) is 0.623. The minimum Gasteiger partial charge on any atom is -0.477 e. The summed E-state index contributed by atoms with van der Waals surface area (Å²) in [6.07, 6.45) is 2.76. The molecule has 1 aliphatic rings. The number of carboxylic acid groups (broad SMARTS) is 1. The fraction of sp³-hybridized carbons (Fsp3) is 0.550. The molecule has 1 saturated heterocycles. The molecule has 1 unspecified atom stereocenters. The Morgan fingerprint density at radius 2 is 1.82 bits per heavy atom. The zero-order valence-corrected chi connectivity index (χ0v) is 16.1. The molecule has 1 aliphatic heterocycles. The first-order valence-corrected chi connectivity index (χ1v) is 9.29. The van der Waals surface area contributed by atoms with Gasteiger partial charge >= 0.3 is 5.97 Å². The highest BCUT2D eigenvalue weighted by molar-refractivity contribution is 5.97. The van der Waals surface area contributed by atoms with E-state index in [4.69, 9.17) is 14.6 Å². The molecule has 2 rings (SSSR count). The van der Waals surface area contributed by atoms with Crippen LogP contribution in [0.15, 0.2) is 24.3 Å². The van der Waals surface area contributed by atoms with Gasteiger partial charge in [0.15, 0.2) is 5.78 Å². The first-order chi connectivity index (χ1) is 13.2. The van der Waals surface area contributed by atoms with Gasteiger partial charge in [0.1, 0.15) is 5.82 Å². The van der Waals surface area contributed by atoms with Gasteiger partial charge in [-0.15, -0.1) is 0 Å². The van der Waals surface area contributed by atoms with Crippen molar-refractivity contribution in [2.45, 2.75) is 51.4 Å². The van der Waals surface area contributed by atoms with Crippen LogP contribution in [-0.4, -0.2) is 47.8 Å². The van der Waals surface area contributed by atoms with Crippen LogP contribution in [0, 0.1) is 11.7 Å². The van der Waals surface area contributed by atoms with E-state index in [0.717, 1.165) is 12.8 Å². The van der Waals surface area contributed by atoms with Crippen molar-refractivity contribution in [1.82, 2.24) is 5.32 Å². The zero-order valence-electron chi connectivity index (χ0n) is 16.1. The molecular weight excluding hydrogens is 369 g/mol. The number of amides is 1. The molecule has 0 saturated carbocycles. The highest BCUT2D eigenvalue weighted by atomic mass is 19.1. The molecule has 7 nitrogen and oxygen atoms in total. The summed E-state index contributed by atoms with van der Waals surface area (Å²) in [4.78, 5) is 35.1. The molecule has 0 aliphatic carbocycles. The number of hydrogen-bond acceptors (Lipinski definition) is 5. The molecule has 1 aromatic rings. The lowest BCUT2D eigenvalue weighted by Crippen LogP contribution is -2.47. The molecule has 154 valence electrons. The van der Waals surface area contributed by atoms with Gasteiger partial charge < -0.3 is 19.9 Å². The van der Waals surface area contributed by atoms with Crippen LogP contribution in [0.1, 0.15) is 49.9 Å². The molecule has 1 heterocycles. The van der Waals surface area contributed by atoms with E-state index in [0.29, 0.717) is 31.6 Å². The third-order valence-corrected chi connectivity index (χ3v) is 4.84. The van der Waals surface area contributed by atoms with Crippen molar-refractivity contribution in [3.05, 3.63) is 35.6 Å². The predicted molar refractivity (Wildman–Crippen MR) is 98.2 cm³/mol. The fourth-order valence-corrected chi connectivity index (χ4v) is 2.94. The summed E-state index contributed by atoms with van der Waals surface area (Å²) < 4.78 is 23.6. The first kappa shape index (κ1) is 22.0. The Hall–Kier alpha value is -2.32. The Labute approximate surface area is 163 Å². The lowest BCUT2D eigenvalue weighted by Gasteiger charge is -2.34. The molecule has 1 atom stereocenters. The molecule has 0 spiro atoms. The van der Waals surface area contributed by atoms with Gasteiger partial charge in [0.25, 0.3) is 11.7 Å². The van der Waals surface area contributed by atoms with Gasteiger partial charge in [-0.2, -0.15) is 0 Å². The van der Waals surface area contributed by atoms with Gasteiger partial charge in [-0.1, -0.05) is 12.8 Å². The Kier molecular flexibility index (Phi) is 7.65. The molecule has 2 N–H and O–H groups in total. The first-order valence-electron chi connectivity index (χ1n) is 9.29. The number of ketones is 1. The average Bonchev–Trinajstić information content (AvgIpc) is 2.65. The summed E-state index contributed by atoms with van der Waals surface area (Å²) in [5.74, 6) is -3.62. The van der Waals surface area contributed by atoms with Gasteiger partial charge in [0.05, 0.1) is 19.3 Å². The van der Waals surface area contributed by atoms with Gasteiger partial charge in [0, 0.05) is 18.4 Å². The van der Waals surface area contributed by atoms with Crippen LogP contribution in [0.5, 0.6) is 0 Å². The van der Waals surface area contributed by atoms with Crippen LogP contribution in [0.4, 0.5) is 4.39 Å². The second-order valence-electron chi connectivity index (χ2n) is 7.17. The molecule has 8 heteroatoms. The summed E-state index contributed by atoms with van der Waals surface area (Å²) >= 11 is 0. The Morgan fingerprint density at radius 3 is 2.36 bits per heavy atom. The van der Waals surface area contributed by atoms with E-state index in [1.807, 2.05) is 0 Å². The number of aliphatic carboxylic acids is 1. The third kappa shape index (κ3) is 6.10. The molecular formula is C20H26FNO6. The van der Waals surface area contributed by atoms with E-state index >= 15 is 0 Å². The number of carbonyl (C=O) groups excluding carboxylic acids is 2. The van der Waals surface area contributed by atoms with Crippen molar-refractivity contribution in [3.8, 4) is 0 Å². The number of ether oxygens (including phenoxy) is 2. The number of halogens is 1. The predicted octanol–water partition coefficient (Wildman–Crippen LogP) is 2.54. The van der Waals surface area contributed by atoms with Crippen molar-refractivity contribution < 1.29 is 33.4 Å². The molecule has 1 amide bonds. The molecule has 1 fully saturated rings. The number of nitrogens with one attached hydrogen (secondary N) is 1. The Bertz CT molecular complexity index is 697. The standard InChI is InChI=1S/C20H26FNO6/c1-13(23)17(22-18(24)15-7-9-16(21)10-8-15)6-4-3-5-14-11-27-20(2,19(25)26)28-12-14/h7-10,14,17H,3-6,11-12H2,1-2H3,(H,22,24)(H,25,26)/t14-,17?,20+. The summed E-state index contributed by atoms with van der Waals surface area (Å²) in [7, 11) is 0. The topological polar surface area (TPSA) is 102 Å². The maximum atomic E-state index is 12.9. The van der Waals surface area contributed by atoms with Gasteiger partial charge in [-0.05, 0) is 44.0 Å². The SMILES string of the molecule is CC(=O)C(CCCC[C@H]1CO[C@@](C)(C(=O)O)OC1)NC(=O)c1ccc(F)cc1. The normalized spacial score (nSPS) is 23.0. The Morgan fingerprint density at radius 1 is 1.21 bits per heavy atom. The van der Waals surface area contributed by atoms with Crippen molar-refractivity contribution in [2.24, 2.45) is 5.92 Å². The molecule has 0 aromatic heterocycles. The number of benzene rings is 1. The van der Waals surface area contributed by atoms with Crippen LogP contribution in [0.25, 0.3) is 0 Å². The van der Waals surface area contributed by atoms with E-state index in [1.54, 1.807) is 0 Å². The van der Waals surface area contributed by atoms with Gasteiger partial charge in [0.2, 0.25) is 0 Å². The summed E-state index contributed by atoms with van der Waals surface area (Å²) in [6, 6.07) is 4.53. The third-order valence-electron chi connectivity index (χ3n) is 4.84. The average molecular weight is 395 g/mol. The van der Waals surface area contributed by atoms with Crippen LogP contribution < -0.4 is 5.32 Å². The van der Waals surface area contributed by atoms with Crippen molar-refractivity contribution in [3.63, 3.8) is 0 Å². The molecule has 0 radical (unpaired) electrons. The van der Waals surface area contributed by atoms with E-state index in [-0.39, 0.29) is 11.7 Å². The summed E-state index contributed by atoms with van der Waals surface area (Å²) in [5, 5.41) is 11.7. The van der Waals surface area contributed by atoms with E-state index in [1.165, 1.54) is 38.1 Å². The van der Waals surface area contributed by atoms with Crippen molar-refractivity contribution >= 4 is 17.7 Å². The largest absolute Gasteiger partial charge is 0.477 e. The maximum Gasteiger partial charge on any atom is 0.364 e. The maximum absolute atomic E-state index is 12.9. The minimum atomic E-state index is -1.58. The highest BCUT2D eigenvalue weighted by Crippen LogP contribution is 2.24. The number of carbonyl (C=O) groups is 3. The number of carboxylic acids is 1. The highest BCUT2D eigenvalue weighted by Gasteiger charge is 2.40. The van der Waals surface area contributed by atoms with Crippen molar-refractivity contribution in [2.75, 3.05) is 13.2 Å². The Balaban J connectivity index is 1.73. The summed E-state index contributed by atoms with van der Waals surface area (Å²) in [6.45, 7) is 3.42. The smallest absolute Gasteiger partial charge is 0.364 e. The second-order valence-corrected chi connectivity index (χ2v) is 7.17. The molecule has 0 bridgehead atoms. The lowest BCUT2D eigenvalue weighted by atomic mass is 9.98. The van der Waals surface area contributed by atoms with Crippen LogP contribution in [0.2, 0.25) is 0 Å². The van der Waals surface area contributed by atoms with E-state index < -0.39 is 29.5 Å². The van der Waals surface area contributed by atoms with E-state index in [9.17, 15) is 18.8 Å². The molecule has 1 aromatic carbocycles. The van der Waals surface area contributed by atoms with Gasteiger partial charge in [-0.25, -0.2) is 9.18 Å². The minimum absolute atomic E-state index is 0.0945. The number of unbranched alkanes of at least 4 members (excludes halogenated alkanes) is 1. The van der Waals surface area contributed by atoms with Crippen molar-refractivity contribution in [1.29, 1.82) is 0 Å². The monoisotopic (exact) mass is 395 g/mol. The van der Waals surface area contributed by atoms with Crippen LogP contribution in [0.3, 0.4) is 0 Å². The lowest BCUT2D eigenvalue weighted by molar-refractivity contribution is -0.271. The van der Waals surface area contributed by atoms with Crippen LogP contribution in [-0.2, 0) is 19.1 Å². The fourth-order valence-electron chi connectivity index (χ4n) is 2.94. The van der Waals surface area contributed by atoms with E-state index in [2.05, 4.69) is 5.32 Å². The zero-order chi connectivity index (χ0) is 20.7. The van der Waals surface area contributed by atoms with Gasteiger partial charge in [-0.3, -0.25) is 9.59 Å². The number of rotatable bonds is 9. The summed E-state index contributed by atoms with van der Waals surface area (Å²) in [5.41, 5.74) is 0.297. The number of hydrogen-bond donors (Lipinski definition) is 2. The second kappa shape index (κ2) is 9.75. The molecule has 28 heavy (non-hydrogen) atoms. The van der Waals surface area contributed by atoms with Crippen LogP contribution >= 0.6 is 0 Å². The number of Topliss-reactive ketones (excluding diaryl/α,β-unsaturated/α-hetero) is 1.